The van der Waals surface area contributed by atoms with Gasteiger partial charge in [-0.15, -0.1) is 0 Å². The fraction of sp³-hybridized carbons (Fsp3) is 0.188. The van der Waals surface area contributed by atoms with Crippen LogP contribution in [-0.4, -0.2) is 27.2 Å². The maximum Gasteiger partial charge on any atom is 0.345 e. The molecule has 0 atom stereocenters. The number of carbonyl (C=O) groups excluding carboxylic acids is 1. The Kier molecular flexibility index (Phi) is 3.50. The van der Waals surface area contributed by atoms with Gasteiger partial charge in [-0.25, -0.2) is 14.3 Å². The van der Waals surface area contributed by atoms with Crippen molar-refractivity contribution in [1.29, 1.82) is 0 Å². The fourth-order valence-electron chi connectivity index (χ4n) is 2.33. The Morgan fingerprint density at radius 1 is 1.41 bits per heavy atom. The van der Waals surface area contributed by atoms with Crippen LogP contribution in [0, 0.1) is 6.92 Å². The summed E-state index contributed by atoms with van der Waals surface area (Å²) < 4.78 is 6.11. The first-order chi connectivity index (χ1) is 10.6. The smallest absolute Gasteiger partial charge is 0.345 e. The number of aryl methyl sites for hydroxylation is 1. The van der Waals surface area contributed by atoms with E-state index >= 15 is 0 Å². The molecule has 0 aliphatic heterocycles. The van der Waals surface area contributed by atoms with Gasteiger partial charge in [-0.2, -0.15) is 0 Å². The number of nitrogens with one attached hydrogen (secondary N) is 1. The van der Waals surface area contributed by atoms with E-state index in [-0.39, 0.29) is 12.2 Å². The number of esters is 1. The molecule has 0 fully saturated rings. The van der Waals surface area contributed by atoms with Crippen LogP contribution in [0.15, 0.2) is 41.5 Å². The summed E-state index contributed by atoms with van der Waals surface area (Å²) >= 11 is 0. The maximum absolute atomic E-state index is 12.3. The number of aromatic nitrogens is 3. The van der Waals surface area contributed by atoms with E-state index in [9.17, 15) is 9.59 Å². The van der Waals surface area contributed by atoms with E-state index in [1.807, 2.05) is 31.2 Å². The van der Waals surface area contributed by atoms with Crippen molar-refractivity contribution in [3.05, 3.63) is 58.1 Å². The van der Waals surface area contributed by atoms with E-state index in [0.717, 1.165) is 16.7 Å². The summed E-state index contributed by atoms with van der Waals surface area (Å²) in [6, 6.07) is 7.90. The zero-order chi connectivity index (χ0) is 15.7. The van der Waals surface area contributed by atoms with Gasteiger partial charge >= 0.3 is 5.97 Å². The third kappa shape index (κ3) is 2.28. The molecule has 0 aliphatic rings. The van der Waals surface area contributed by atoms with Crippen LogP contribution in [0.5, 0.6) is 0 Å². The predicted octanol–water partition coefficient (Wildman–Crippen LogP) is 2.17. The molecular formula is C16H15N3O3. The molecule has 0 unspecified atom stereocenters. The van der Waals surface area contributed by atoms with Gasteiger partial charge in [0.1, 0.15) is 5.56 Å². The molecule has 112 valence electrons. The normalized spacial score (nSPS) is 10.8. The molecule has 3 aromatic rings. The number of benzene rings is 1. The van der Waals surface area contributed by atoms with E-state index in [4.69, 9.17) is 4.74 Å². The first-order valence-electron chi connectivity index (χ1n) is 6.95. The summed E-state index contributed by atoms with van der Waals surface area (Å²) in [5.74, 6) is -0.666. The van der Waals surface area contributed by atoms with E-state index in [2.05, 4.69) is 10.1 Å². The summed E-state index contributed by atoms with van der Waals surface area (Å²) in [5.41, 5.74) is 2.79. The second kappa shape index (κ2) is 5.48. The van der Waals surface area contributed by atoms with Gasteiger partial charge in [0.25, 0.3) is 5.56 Å². The number of carbonyl (C=O) groups is 1. The molecule has 0 spiro atoms. The summed E-state index contributed by atoms with van der Waals surface area (Å²) in [7, 11) is 0. The molecule has 1 aromatic carbocycles. The molecule has 1 N–H and O–H groups in total. The first-order valence-corrected chi connectivity index (χ1v) is 6.95. The van der Waals surface area contributed by atoms with Crippen LogP contribution in [-0.2, 0) is 4.74 Å². The Labute approximate surface area is 126 Å². The van der Waals surface area contributed by atoms with E-state index in [0.29, 0.717) is 5.65 Å². The summed E-state index contributed by atoms with van der Waals surface area (Å²) in [4.78, 5) is 28.3. The highest BCUT2D eigenvalue weighted by Crippen LogP contribution is 2.23. The van der Waals surface area contributed by atoms with Crippen molar-refractivity contribution in [2.45, 2.75) is 13.8 Å². The SMILES string of the molecule is CCOC(=O)c1cnc2c(-c3cccc(C)c3)c[nH]n2c1=O. The molecular weight excluding hydrogens is 282 g/mol. The molecule has 0 radical (unpaired) electrons. The van der Waals surface area contributed by atoms with Crippen LogP contribution in [0.2, 0.25) is 0 Å². The molecule has 3 rings (SSSR count). The second-order valence-corrected chi connectivity index (χ2v) is 4.91. The average Bonchev–Trinajstić information content (AvgIpc) is 2.92. The number of aromatic amines is 1. The summed E-state index contributed by atoms with van der Waals surface area (Å²) in [6.45, 7) is 3.89. The van der Waals surface area contributed by atoms with Crippen LogP contribution in [0.25, 0.3) is 16.8 Å². The molecule has 0 saturated carbocycles. The number of H-pyrrole nitrogens is 1. The van der Waals surface area contributed by atoms with E-state index in [1.165, 1.54) is 10.7 Å². The Balaban J connectivity index is 2.16. The van der Waals surface area contributed by atoms with Crippen LogP contribution >= 0.6 is 0 Å². The van der Waals surface area contributed by atoms with Gasteiger partial charge in [0.05, 0.1) is 6.61 Å². The zero-order valence-corrected chi connectivity index (χ0v) is 12.3. The number of rotatable bonds is 3. The van der Waals surface area contributed by atoms with Crippen molar-refractivity contribution in [1.82, 2.24) is 14.6 Å². The van der Waals surface area contributed by atoms with Gasteiger partial charge in [0, 0.05) is 18.0 Å². The van der Waals surface area contributed by atoms with E-state index < -0.39 is 11.5 Å². The number of fused-ring (bicyclic) bond motifs is 1. The minimum atomic E-state index is -0.666. The van der Waals surface area contributed by atoms with Gasteiger partial charge in [-0.1, -0.05) is 29.8 Å². The number of ether oxygens (including phenoxy) is 1. The minimum absolute atomic E-state index is 0.0861. The lowest BCUT2D eigenvalue weighted by Gasteiger charge is -2.03. The lowest BCUT2D eigenvalue weighted by Crippen LogP contribution is -2.24. The fourth-order valence-corrected chi connectivity index (χ4v) is 2.33. The molecule has 0 aliphatic carbocycles. The standard InChI is InChI=1S/C16H15N3O3/c1-3-22-16(21)13-8-17-14-12(9-18-19(14)15(13)20)11-6-4-5-10(2)7-11/h4-9,18H,3H2,1-2H3. The van der Waals surface area contributed by atoms with Gasteiger partial charge in [-0.05, 0) is 19.4 Å². The van der Waals surface area contributed by atoms with Crippen molar-refractivity contribution < 1.29 is 9.53 Å². The Morgan fingerprint density at radius 3 is 2.95 bits per heavy atom. The third-order valence-corrected chi connectivity index (χ3v) is 3.36. The molecule has 2 heterocycles. The molecule has 22 heavy (non-hydrogen) atoms. The van der Waals surface area contributed by atoms with Gasteiger partial charge in [-0.3, -0.25) is 9.89 Å². The second-order valence-electron chi connectivity index (χ2n) is 4.91. The Morgan fingerprint density at radius 2 is 2.23 bits per heavy atom. The molecule has 0 saturated heterocycles. The largest absolute Gasteiger partial charge is 0.462 e. The average molecular weight is 297 g/mol. The van der Waals surface area contributed by atoms with Crippen molar-refractivity contribution in [3.63, 3.8) is 0 Å². The van der Waals surface area contributed by atoms with Crippen molar-refractivity contribution in [2.75, 3.05) is 6.61 Å². The Hall–Kier alpha value is -2.89. The third-order valence-electron chi connectivity index (χ3n) is 3.36. The molecule has 0 bridgehead atoms. The van der Waals surface area contributed by atoms with E-state index in [1.54, 1.807) is 13.1 Å². The van der Waals surface area contributed by atoms with Gasteiger partial charge < -0.3 is 4.74 Å². The number of hydrogen-bond donors (Lipinski definition) is 1. The maximum atomic E-state index is 12.3. The lowest BCUT2D eigenvalue weighted by molar-refractivity contribution is 0.0523. The zero-order valence-electron chi connectivity index (χ0n) is 12.3. The number of hydrogen-bond acceptors (Lipinski definition) is 4. The van der Waals surface area contributed by atoms with Gasteiger partial charge in [0.2, 0.25) is 0 Å². The van der Waals surface area contributed by atoms with Crippen molar-refractivity contribution >= 4 is 11.6 Å². The monoisotopic (exact) mass is 297 g/mol. The van der Waals surface area contributed by atoms with Crippen LogP contribution in [0.3, 0.4) is 0 Å². The lowest BCUT2D eigenvalue weighted by atomic mass is 10.1. The van der Waals surface area contributed by atoms with Crippen molar-refractivity contribution in [3.8, 4) is 11.1 Å². The molecule has 0 amide bonds. The first kappa shape index (κ1) is 14.1. The van der Waals surface area contributed by atoms with Gasteiger partial charge in [0.15, 0.2) is 5.65 Å². The minimum Gasteiger partial charge on any atom is -0.462 e. The van der Waals surface area contributed by atoms with Crippen LogP contribution in [0.4, 0.5) is 0 Å². The molecule has 6 nitrogen and oxygen atoms in total. The highest BCUT2D eigenvalue weighted by Gasteiger charge is 2.17. The topological polar surface area (TPSA) is 76.5 Å². The molecule has 6 heteroatoms. The summed E-state index contributed by atoms with van der Waals surface area (Å²) in [5, 5.41) is 2.85. The van der Waals surface area contributed by atoms with Crippen LogP contribution < -0.4 is 5.56 Å². The predicted molar refractivity (Wildman–Crippen MR) is 81.9 cm³/mol. The summed E-state index contributed by atoms with van der Waals surface area (Å²) in [6.07, 6.45) is 2.97. The van der Waals surface area contributed by atoms with Crippen molar-refractivity contribution in [2.24, 2.45) is 0 Å². The quantitative estimate of drug-likeness (QED) is 0.752. The highest BCUT2D eigenvalue weighted by molar-refractivity contribution is 5.89. The number of nitrogens with zero attached hydrogens (tertiary/aromatic N) is 2. The highest BCUT2D eigenvalue weighted by atomic mass is 16.5. The van der Waals surface area contributed by atoms with Crippen LogP contribution in [0.1, 0.15) is 22.8 Å². The Bertz CT molecular complexity index is 908. The molecule has 2 aromatic heterocycles.